The summed E-state index contributed by atoms with van der Waals surface area (Å²) in [5.74, 6) is 1.36. The van der Waals surface area contributed by atoms with Gasteiger partial charge in [-0.1, -0.05) is 0 Å². The SMILES string of the molecule is CS(=O)(=O)N1CC(C2CCNCC2)C1. The predicted molar refractivity (Wildman–Crippen MR) is 55.5 cm³/mol. The average molecular weight is 218 g/mol. The average Bonchev–Trinajstić information content (AvgIpc) is 2.00. The highest BCUT2D eigenvalue weighted by Crippen LogP contribution is 2.31. The fourth-order valence-electron chi connectivity index (χ4n) is 2.35. The Bertz CT molecular complexity index is 290. The van der Waals surface area contributed by atoms with Crippen molar-refractivity contribution in [1.82, 2.24) is 9.62 Å². The zero-order valence-corrected chi connectivity index (χ0v) is 9.39. The topological polar surface area (TPSA) is 49.4 Å². The molecule has 0 aliphatic carbocycles. The monoisotopic (exact) mass is 218 g/mol. The van der Waals surface area contributed by atoms with Crippen LogP contribution in [-0.4, -0.2) is 45.2 Å². The van der Waals surface area contributed by atoms with E-state index in [2.05, 4.69) is 5.32 Å². The fourth-order valence-corrected chi connectivity index (χ4v) is 3.28. The van der Waals surface area contributed by atoms with E-state index in [9.17, 15) is 8.42 Å². The van der Waals surface area contributed by atoms with Crippen molar-refractivity contribution >= 4 is 10.0 Å². The standard InChI is InChI=1S/C9H18N2O2S/c1-14(12,13)11-6-9(7-11)8-2-4-10-5-3-8/h8-10H,2-7H2,1H3. The highest BCUT2D eigenvalue weighted by Gasteiger charge is 2.37. The van der Waals surface area contributed by atoms with Crippen molar-refractivity contribution in [3.05, 3.63) is 0 Å². The summed E-state index contributed by atoms with van der Waals surface area (Å²) in [6, 6.07) is 0. The van der Waals surface area contributed by atoms with Gasteiger partial charge in [0.1, 0.15) is 0 Å². The largest absolute Gasteiger partial charge is 0.317 e. The van der Waals surface area contributed by atoms with Crippen molar-refractivity contribution in [2.45, 2.75) is 12.8 Å². The molecule has 5 heteroatoms. The van der Waals surface area contributed by atoms with E-state index in [0.29, 0.717) is 5.92 Å². The van der Waals surface area contributed by atoms with Gasteiger partial charge in [0.25, 0.3) is 0 Å². The number of nitrogens with zero attached hydrogens (tertiary/aromatic N) is 1. The maximum atomic E-state index is 11.2. The van der Waals surface area contributed by atoms with Gasteiger partial charge >= 0.3 is 0 Å². The molecule has 2 saturated heterocycles. The van der Waals surface area contributed by atoms with Gasteiger partial charge in [-0.25, -0.2) is 12.7 Å². The molecule has 2 fully saturated rings. The molecule has 0 bridgehead atoms. The van der Waals surface area contributed by atoms with Crippen LogP contribution in [0.1, 0.15) is 12.8 Å². The maximum absolute atomic E-state index is 11.2. The molecule has 0 unspecified atom stereocenters. The Morgan fingerprint density at radius 2 is 1.71 bits per heavy atom. The summed E-state index contributed by atoms with van der Waals surface area (Å²) < 4.78 is 23.9. The van der Waals surface area contributed by atoms with E-state index < -0.39 is 10.0 Å². The van der Waals surface area contributed by atoms with Crippen LogP contribution in [0.2, 0.25) is 0 Å². The molecular weight excluding hydrogens is 200 g/mol. The highest BCUT2D eigenvalue weighted by atomic mass is 32.2. The van der Waals surface area contributed by atoms with Crippen LogP contribution in [0.4, 0.5) is 0 Å². The Hall–Kier alpha value is -0.130. The Morgan fingerprint density at radius 1 is 1.14 bits per heavy atom. The molecule has 82 valence electrons. The summed E-state index contributed by atoms with van der Waals surface area (Å²) in [5.41, 5.74) is 0. The van der Waals surface area contributed by atoms with Gasteiger partial charge < -0.3 is 5.32 Å². The molecule has 2 aliphatic rings. The van der Waals surface area contributed by atoms with Gasteiger partial charge in [0, 0.05) is 13.1 Å². The predicted octanol–water partition coefficient (Wildman–Crippen LogP) is -0.123. The molecule has 0 amide bonds. The first-order chi connectivity index (χ1) is 6.57. The van der Waals surface area contributed by atoms with Crippen LogP contribution < -0.4 is 5.32 Å². The number of nitrogens with one attached hydrogen (secondary N) is 1. The summed E-state index contributed by atoms with van der Waals surface area (Å²) >= 11 is 0. The maximum Gasteiger partial charge on any atom is 0.211 e. The minimum absolute atomic E-state index is 0.617. The van der Waals surface area contributed by atoms with Crippen molar-refractivity contribution in [3.8, 4) is 0 Å². The first kappa shape index (κ1) is 10.4. The van der Waals surface area contributed by atoms with Gasteiger partial charge in [0.05, 0.1) is 6.26 Å². The van der Waals surface area contributed by atoms with E-state index in [4.69, 9.17) is 0 Å². The molecule has 1 N–H and O–H groups in total. The Kier molecular flexibility index (Phi) is 2.81. The Balaban J connectivity index is 1.82. The lowest BCUT2D eigenvalue weighted by Gasteiger charge is -2.43. The second kappa shape index (κ2) is 3.79. The minimum Gasteiger partial charge on any atom is -0.317 e. The molecule has 0 spiro atoms. The van der Waals surface area contributed by atoms with E-state index in [1.165, 1.54) is 19.1 Å². The van der Waals surface area contributed by atoms with Crippen LogP contribution in [0.15, 0.2) is 0 Å². The summed E-state index contributed by atoms with van der Waals surface area (Å²) in [6.07, 6.45) is 3.72. The zero-order chi connectivity index (χ0) is 10.2. The zero-order valence-electron chi connectivity index (χ0n) is 8.57. The second-order valence-electron chi connectivity index (χ2n) is 4.43. The molecule has 0 aromatic rings. The first-order valence-electron chi connectivity index (χ1n) is 5.23. The van der Waals surface area contributed by atoms with Gasteiger partial charge in [-0.05, 0) is 37.8 Å². The molecule has 14 heavy (non-hydrogen) atoms. The van der Waals surface area contributed by atoms with Crippen LogP contribution in [0, 0.1) is 11.8 Å². The highest BCUT2D eigenvalue weighted by molar-refractivity contribution is 7.88. The quantitative estimate of drug-likeness (QED) is 0.703. The molecule has 0 atom stereocenters. The first-order valence-corrected chi connectivity index (χ1v) is 7.08. The van der Waals surface area contributed by atoms with Crippen molar-refractivity contribution in [2.75, 3.05) is 32.4 Å². The molecule has 4 nitrogen and oxygen atoms in total. The van der Waals surface area contributed by atoms with Gasteiger partial charge in [-0.15, -0.1) is 0 Å². The van der Waals surface area contributed by atoms with Crippen molar-refractivity contribution in [1.29, 1.82) is 0 Å². The van der Waals surface area contributed by atoms with Crippen LogP contribution in [0.3, 0.4) is 0 Å². The summed E-state index contributed by atoms with van der Waals surface area (Å²) in [6.45, 7) is 3.70. The third-order valence-corrected chi connectivity index (χ3v) is 4.63. The molecule has 2 heterocycles. The Morgan fingerprint density at radius 3 is 2.21 bits per heavy atom. The molecule has 0 radical (unpaired) electrons. The summed E-state index contributed by atoms with van der Waals surface area (Å²) in [7, 11) is -2.92. The van der Waals surface area contributed by atoms with Gasteiger partial charge in [-0.2, -0.15) is 0 Å². The van der Waals surface area contributed by atoms with Crippen molar-refractivity contribution in [3.63, 3.8) is 0 Å². The second-order valence-corrected chi connectivity index (χ2v) is 6.41. The third-order valence-electron chi connectivity index (χ3n) is 3.40. The van der Waals surface area contributed by atoms with Crippen molar-refractivity contribution in [2.24, 2.45) is 11.8 Å². The van der Waals surface area contributed by atoms with Crippen LogP contribution in [-0.2, 0) is 10.0 Å². The minimum atomic E-state index is -2.92. The van der Waals surface area contributed by atoms with E-state index in [1.54, 1.807) is 4.31 Å². The smallest absolute Gasteiger partial charge is 0.211 e. The summed E-state index contributed by atoms with van der Waals surface area (Å²) in [4.78, 5) is 0. The van der Waals surface area contributed by atoms with E-state index in [1.807, 2.05) is 0 Å². The number of sulfonamides is 1. The number of piperidine rings is 1. The molecular formula is C9H18N2O2S. The summed E-state index contributed by atoms with van der Waals surface area (Å²) in [5, 5.41) is 3.33. The van der Waals surface area contributed by atoms with Crippen LogP contribution in [0.5, 0.6) is 0 Å². The molecule has 2 rings (SSSR count). The molecule has 0 saturated carbocycles. The molecule has 0 aromatic carbocycles. The fraction of sp³-hybridized carbons (Fsp3) is 1.00. The number of hydrogen-bond donors (Lipinski definition) is 1. The number of rotatable bonds is 2. The Labute approximate surface area is 85.7 Å². The lowest BCUT2D eigenvalue weighted by Crippen LogP contribution is -2.53. The van der Waals surface area contributed by atoms with E-state index in [0.717, 1.165) is 32.1 Å². The third kappa shape index (κ3) is 2.10. The van der Waals surface area contributed by atoms with Crippen LogP contribution in [0.25, 0.3) is 0 Å². The van der Waals surface area contributed by atoms with E-state index in [-0.39, 0.29) is 0 Å². The van der Waals surface area contributed by atoms with Gasteiger partial charge in [-0.3, -0.25) is 0 Å². The van der Waals surface area contributed by atoms with Crippen LogP contribution >= 0.6 is 0 Å². The molecule has 2 aliphatic heterocycles. The van der Waals surface area contributed by atoms with E-state index >= 15 is 0 Å². The number of hydrogen-bond acceptors (Lipinski definition) is 3. The van der Waals surface area contributed by atoms with Crippen molar-refractivity contribution < 1.29 is 8.42 Å². The van der Waals surface area contributed by atoms with Gasteiger partial charge in [0.2, 0.25) is 10.0 Å². The normalized spacial score (nSPS) is 27.5. The lowest BCUT2D eigenvalue weighted by atomic mass is 9.81. The lowest BCUT2D eigenvalue weighted by molar-refractivity contribution is 0.114. The molecule has 0 aromatic heterocycles. The van der Waals surface area contributed by atoms with Gasteiger partial charge in [0.15, 0.2) is 0 Å².